The van der Waals surface area contributed by atoms with Gasteiger partial charge in [-0.25, -0.2) is 10.0 Å². The molecule has 29 heavy (non-hydrogen) atoms. The fourth-order valence-corrected chi connectivity index (χ4v) is 3.72. The van der Waals surface area contributed by atoms with Gasteiger partial charge in [0.05, 0.1) is 37.9 Å². The molecule has 0 aromatic heterocycles. The number of ether oxygens (including phenoxy) is 2. The Morgan fingerprint density at radius 2 is 1.86 bits per heavy atom. The molecule has 2 aliphatic heterocycles. The first-order chi connectivity index (χ1) is 14.1. The van der Waals surface area contributed by atoms with Gasteiger partial charge in [-0.2, -0.15) is 5.10 Å². The minimum atomic E-state index is -0.300. The summed E-state index contributed by atoms with van der Waals surface area (Å²) in [6.45, 7) is 6.32. The van der Waals surface area contributed by atoms with Crippen molar-refractivity contribution in [3.63, 3.8) is 0 Å². The second kappa shape index (κ2) is 7.72. The van der Waals surface area contributed by atoms with Gasteiger partial charge in [0.25, 0.3) is 0 Å². The maximum Gasteiger partial charge on any atom is 0.162 e. The van der Waals surface area contributed by atoms with Crippen LogP contribution in [0.25, 0.3) is 0 Å². The Balaban J connectivity index is 2.00. The molecule has 0 fully saturated rings. The van der Waals surface area contributed by atoms with Gasteiger partial charge in [-0.15, -0.1) is 6.58 Å². The van der Waals surface area contributed by atoms with Gasteiger partial charge in [0.15, 0.2) is 17.3 Å². The van der Waals surface area contributed by atoms with Crippen LogP contribution < -0.4 is 9.47 Å². The van der Waals surface area contributed by atoms with Crippen molar-refractivity contribution in [2.45, 2.75) is 13.0 Å². The largest absolute Gasteiger partial charge is 0.493 e. The second-order valence-corrected chi connectivity index (χ2v) is 7.07. The number of nitrogens with zero attached hydrogens (tertiary/aromatic N) is 4. The smallest absolute Gasteiger partial charge is 0.162 e. The van der Waals surface area contributed by atoms with Crippen LogP contribution in [0.3, 0.4) is 0 Å². The summed E-state index contributed by atoms with van der Waals surface area (Å²) in [5, 5.41) is 7.06. The summed E-state index contributed by atoms with van der Waals surface area (Å²) in [5.41, 5.74) is 3.98. The third-order valence-electron chi connectivity index (χ3n) is 4.86. The molecule has 1 atom stereocenters. The lowest BCUT2D eigenvalue weighted by Crippen LogP contribution is -2.30. The Kier molecular flexibility index (Phi) is 5.11. The van der Waals surface area contributed by atoms with E-state index < -0.39 is 0 Å². The molecule has 0 saturated heterocycles. The van der Waals surface area contributed by atoms with Crippen LogP contribution in [0.1, 0.15) is 18.1 Å². The van der Waals surface area contributed by atoms with E-state index in [1.54, 1.807) is 20.3 Å². The van der Waals surface area contributed by atoms with Crippen LogP contribution in [0.15, 0.2) is 64.1 Å². The molecule has 148 valence electrons. The molecule has 2 aromatic rings. The highest BCUT2D eigenvalue weighted by Gasteiger charge is 2.34. The summed E-state index contributed by atoms with van der Waals surface area (Å²) in [4.78, 5) is 9.98. The molecule has 4 rings (SSSR count). The lowest BCUT2D eigenvalue weighted by atomic mass is 9.99. The normalized spacial score (nSPS) is 17.4. The zero-order valence-corrected chi connectivity index (χ0v) is 17.3. The zero-order chi connectivity index (χ0) is 20.5. The molecular formula is C22H21ClN4O2. The monoisotopic (exact) mass is 408 g/mol. The quantitative estimate of drug-likeness (QED) is 0.685. The number of hydrogen-bond acceptors (Lipinski definition) is 6. The van der Waals surface area contributed by atoms with E-state index in [0.29, 0.717) is 23.1 Å². The topological polar surface area (TPSA) is 58.8 Å². The summed E-state index contributed by atoms with van der Waals surface area (Å²) in [6.07, 6.45) is 1.79. The first kappa shape index (κ1) is 19.2. The van der Waals surface area contributed by atoms with E-state index in [0.717, 1.165) is 34.1 Å². The van der Waals surface area contributed by atoms with E-state index in [1.807, 2.05) is 48.3 Å². The molecule has 2 aromatic carbocycles. The highest BCUT2D eigenvalue weighted by atomic mass is 35.5. The van der Waals surface area contributed by atoms with Crippen molar-refractivity contribution in [1.29, 1.82) is 0 Å². The fraction of sp³-hybridized carbons (Fsp3) is 0.227. The number of amidine groups is 1. The summed E-state index contributed by atoms with van der Waals surface area (Å²) < 4.78 is 11.0. The fourth-order valence-electron chi connectivity index (χ4n) is 3.49. The maximum atomic E-state index is 6.54. The molecule has 0 saturated carbocycles. The number of methoxy groups -OCH3 is 2. The molecule has 0 amide bonds. The van der Waals surface area contributed by atoms with Crippen LogP contribution in [0.4, 0.5) is 5.69 Å². The lowest BCUT2D eigenvalue weighted by molar-refractivity contribution is 0.355. The van der Waals surface area contributed by atoms with Crippen LogP contribution in [0.5, 0.6) is 11.5 Å². The van der Waals surface area contributed by atoms with Crippen LogP contribution >= 0.6 is 11.6 Å². The maximum absolute atomic E-state index is 6.54. The molecule has 0 spiro atoms. The number of hydrogen-bond donors (Lipinski definition) is 0. The van der Waals surface area contributed by atoms with Gasteiger partial charge in [0.2, 0.25) is 0 Å². The zero-order valence-electron chi connectivity index (χ0n) is 16.5. The Bertz CT molecular complexity index is 1070. The Morgan fingerprint density at radius 3 is 2.55 bits per heavy atom. The van der Waals surface area contributed by atoms with Gasteiger partial charge in [-0.1, -0.05) is 35.9 Å². The summed E-state index contributed by atoms with van der Waals surface area (Å²) in [6, 6.07) is 11.1. The molecule has 1 unspecified atom stereocenters. The van der Waals surface area contributed by atoms with Crippen molar-refractivity contribution in [2.24, 2.45) is 15.1 Å². The molecular weight excluding hydrogens is 388 g/mol. The van der Waals surface area contributed by atoms with Gasteiger partial charge >= 0.3 is 0 Å². The van der Waals surface area contributed by atoms with Gasteiger partial charge in [0.1, 0.15) is 6.04 Å². The molecule has 0 radical (unpaired) electrons. The lowest BCUT2D eigenvalue weighted by Gasteiger charge is -2.15. The first-order valence-corrected chi connectivity index (χ1v) is 9.56. The predicted molar refractivity (Wildman–Crippen MR) is 118 cm³/mol. The number of rotatable bonds is 5. The number of benzene rings is 2. The molecule has 6 nitrogen and oxygen atoms in total. The van der Waals surface area contributed by atoms with Gasteiger partial charge in [-0.3, -0.25) is 4.99 Å². The number of aliphatic imine (C=N–C) groups is 2. The predicted octanol–water partition coefficient (Wildman–Crippen LogP) is 4.48. The Hall–Kier alpha value is -3.12. The molecule has 2 aliphatic rings. The van der Waals surface area contributed by atoms with E-state index in [1.165, 1.54) is 0 Å². The average Bonchev–Trinajstić information content (AvgIpc) is 2.91. The van der Waals surface area contributed by atoms with Crippen LogP contribution in [-0.2, 0) is 0 Å². The number of fused-ring (bicyclic) bond motifs is 2. The Labute approximate surface area is 174 Å². The highest BCUT2D eigenvalue weighted by molar-refractivity contribution is 6.36. The summed E-state index contributed by atoms with van der Waals surface area (Å²) in [7, 11) is 3.21. The molecule has 0 aliphatic carbocycles. The summed E-state index contributed by atoms with van der Waals surface area (Å²) in [5.74, 6) is 1.95. The third-order valence-corrected chi connectivity index (χ3v) is 5.19. The molecule has 7 heteroatoms. The van der Waals surface area contributed by atoms with E-state index in [-0.39, 0.29) is 6.04 Å². The Morgan fingerprint density at radius 1 is 1.14 bits per heavy atom. The van der Waals surface area contributed by atoms with Crippen molar-refractivity contribution in [2.75, 3.05) is 20.8 Å². The van der Waals surface area contributed by atoms with Gasteiger partial charge < -0.3 is 9.47 Å². The average molecular weight is 409 g/mol. The van der Waals surface area contributed by atoms with Crippen molar-refractivity contribution in [3.05, 3.63) is 65.2 Å². The van der Waals surface area contributed by atoms with Crippen LogP contribution in [-0.4, -0.2) is 49.1 Å². The highest BCUT2D eigenvalue weighted by Crippen LogP contribution is 2.39. The summed E-state index contributed by atoms with van der Waals surface area (Å²) >= 11 is 6.54. The van der Waals surface area contributed by atoms with Crippen molar-refractivity contribution in [1.82, 2.24) is 5.01 Å². The minimum Gasteiger partial charge on any atom is -0.493 e. The standard InChI is InChI=1S/C22H21ClN4O2/c1-5-10-27-22-20(13(2)26-27)25-21(14-8-6-7-9-16(14)23)15-11-18(28-3)19(29-4)12-17(15)24-22/h5-9,11-12,20H,1,10H2,2-4H3. The van der Waals surface area contributed by atoms with Gasteiger partial charge in [-0.05, 0) is 19.1 Å². The van der Waals surface area contributed by atoms with E-state index in [9.17, 15) is 0 Å². The minimum absolute atomic E-state index is 0.300. The first-order valence-electron chi connectivity index (χ1n) is 9.18. The van der Waals surface area contributed by atoms with Gasteiger partial charge in [0, 0.05) is 22.2 Å². The molecule has 0 bridgehead atoms. The third kappa shape index (κ3) is 3.29. The number of hydrazone groups is 1. The van der Waals surface area contributed by atoms with Crippen LogP contribution in [0, 0.1) is 0 Å². The van der Waals surface area contributed by atoms with Crippen molar-refractivity contribution < 1.29 is 9.47 Å². The van der Waals surface area contributed by atoms with E-state index in [4.69, 9.17) is 31.1 Å². The van der Waals surface area contributed by atoms with E-state index in [2.05, 4.69) is 11.7 Å². The van der Waals surface area contributed by atoms with Crippen molar-refractivity contribution >= 4 is 34.5 Å². The number of halogens is 1. The molecule has 2 heterocycles. The SMILES string of the molecule is C=CCN1N=C(C)C2N=C(c3ccccc3Cl)c3cc(OC)c(OC)cc3N=C21. The van der Waals surface area contributed by atoms with E-state index >= 15 is 0 Å². The molecule has 0 N–H and O–H groups in total. The van der Waals surface area contributed by atoms with Crippen molar-refractivity contribution in [3.8, 4) is 11.5 Å². The second-order valence-electron chi connectivity index (χ2n) is 6.67. The van der Waals surface area contributed by atoms with Crippen LogP contribution in [0.2, 0.25) is 5.02 Å².